The molecule has 0 atom stereocenters. The maximum Gasteiger partial charge on any atom is 0.194 e. The Morgan fingerprint density at radius 1 is 1.62 bits per heavy atom. The van der Waals surface area contributed by atoms with Crippen LogP contribution in [0, 0.1) is 0 Å². The minimum atomic E-state index is -0.0802. The normalized spacial score (nSPS) is 9.12. The number of thiol groups is 1. The van der Waals surface area contributed by atoms with Gasteiger partial charge in [0.05, 0.1) is 4.90 Å². The van der Waals surface area contributed by atoms with E-state index >= 15 is 0 Å². The van der Waals surface area contributed by atoms with Crippen molar-refractivity contribution in [3.05, 3.63) is 18.5 Å². The molecule has 0 aliphatic carbocycles. The number of hydrogen-bond donors (Lipinski definition) is 1. The van der Waals surface area contributed by atoms with Crippen molar-refractivity contribution >= 4 is 12.6 Å². The first-order valence-corrected chi connectivity index (χ1v) is 2.55. The van der Waals surface area contributed by atoms with Gasteiger partial charge >= 0.3 is 0 Å². The maximum absolute atomic E-state index is 10.5. The van der Waals surface area contributed by atoms with Crippen molar-refractivity contribution in [2.45, 2.75) is 4.90 Å². The maximum atomic E-state index is 10.5. The summed E-state index contributed by atoms with van der Waals surface area (Å²) in [5, 5.41) is 10.5. The summed E-state index contributed by atoms with van der Waals surface area (Å²) in [5.41, 5.74) is 0. The van der Waals surface area contributed by atoms with Crippen molar-refractivity contribution in [2.75, 3.05) is 0 Å². The summed E-state index contributed by atoms with van der Waals surface area (Å²) < 4.78 is 0. The van der Waals surface area contributed by atoms with E-state index < -0.39 is 0 Å². The molecular formula is C5H4NOS. The van der Waals surface area contributed by atoms with Crippen LogP contribution in [0.1, 0.15) is 0 Å². The molecule has 0 spiro atoms. The van der Waals surface area contributed by atoms with Gasteiger partial charge in [0, 0.05) is 18.5 Å². The highest BCUT2D eigenvalue weighted by molar-refractivity contribution is 7.80. The third-order valence-corrected chi connectivity index (χ3v) is 1.10. The molecule has 0 aliphatic heterocycles. The fourth-order valence-electron chi connectivity index (χ4n) is 0.373. The number of aromatic nitrogens is 1. The minimum absolute atomic E-state index is 0.0802. The van der Waals surface area contributed by atoms with Crippen LogP contribution in [-0.4, -0.2) is 4.98 Å². The van der Waals surface area contributed by atoms with E-state index in [0.717, 1.165) is 0 Å². The Morgan fingerprint density at radius 3 is 2.75 bits per heavy atom. The van der Waals surface area contributed by atoms with Crippen LogP contribution in [0.3, 0.4) is 0 Å². The molecule has 8 heavy (non-hydrogen) atoms. The Kier molecular flexibility index (Phi) is 1.39. The van der Waals surface area contributed by atoms with Crippen molar-refractivity contribution < 1.29 is 5.11 Å². The van der Waals surface area contributed by atoms with Crippen molar-refractivity contribution in [3.8, 4) is 5.75 Å². The largest absolute Gasteiger partial charge is 0.289 e. The van der Waals surface area contributed by atoms with E-state index in [1.54, 1.807) is 0 Å². The monoisotopic (exact) mass is 126 g/mol. The third-order valence-electron chi connectivity index (χ3n) is 0.761. The van der Waals surface area contributed by atoms with Gasteiger partial charge < -0.3 is 0 Å². The van der Waals surface area contributed by atoms with Crippen LogP contribution < -0.4 is 0 Å². The molecule has 0 amide bonds. The Labute approximate surface area is 52.6 Å². The van der Waals surface area contributed by atoms with Gasteiger partial charge in [-0.15, -0.1) is 12.6 Å². The van der Waals surface area contributed by atoms with Gasteiger partial charge in [0.25, 0.3) is 0 Å². The molecule has 1 rings (SSSR count). The fourth-order valence-corrected chi connectivity index (χ4v) is 0.515. The highest BCUT2D eigenvalue weighted by Gasteiger charge is 1.92. The molecule has 1 heterocycles. The smallest absolute Gasteiger partial charge is 0.194 e. The first-order chi connectivity index (χ1) is 3.80. The van der Waals surface area contributed by atoms with Crippen molar-refractivity contribution in [1.29, 1.82) is 0 Å². The number of hydrogen-bond acceptors (Lipinski definition) is 2. The summed E-state index contributed by atoms with van der Waals surface area (Å²) in [6, 6.07) is 1.38. The Morgan fingerprint density at radius 2 is 2.38 bits per heavy atom. The second-order valence-corrected chi connectivity index (χ2v) is 1.83. The van der Waals surface area contributed by atoms with Gasteiger partial charge in [-0.25, -0.2) is 0 Å². The van der Waals surface area contributed by atoms with Crippen LogP contribution in [0.15, 0.2) is 23.4 Å². The van der Waals surface area contributed by atoms with Crippen molar-refractivity contribution in [2.24, 2.45) is 0 Å². The Bertz CT molecular complexity index is 169. The molecule has 0 saturated heterocycles. The van der Waals surface area contributed by atoms with Crippen molar-refractivity contribution in [1.82, 2.24) is 4.98 Å². The minimum Gasteiger partial charge on any atom is -0.289 e. The van der Waals surface area contributed by atoms with E-state index in [4.69, 9.17) is 0 Å². The van der Waals surface area contributed by atoms with Gasteiger partial charge in [-0.1, -0.05) is 0 Å². The second kappa shape index (κ2) is 2.05. The average Bonchev–Trinajstić information content (AvgIpc) is 1.77. The highest BCUT2D eigenvalue weighted by atomic mass is 32.1. The molecule has 0 aliphatic rings. The van der Waals surface area contributed by atoms with Gasteiger partial charge in [-0.05, 0) is 0 Å². The number of rotatable bonds is 0. The topological polar surface area (TPSA) is 32.8 Å². The molecule has 0 aromatic carbocycles. The summed E-state index contributed by atoms with van der Waals surface area (Å²) in [5.74, 6) is -0.0802. The summed E-state index contributed by atoms with van der Waals surface area (Å²) in [4.78, 5) is 4.06. The molecule has 41 valence electrons. The quantitative estimate of drug-likeness (QED) is 0.525. The molecule has 1 radical (unpaired) electrons. The van der Waals surface area contributed by atoms with Gasteiger partial charge in [-0.2, -0.15) is 0 Å². The van der Waals surface area contributed by atoms with Crippen LogP contribution >= 0.6 is 12.6 Å². The zero-order valence-electron chi connectivity index (χ0n) is 4.03. The highest BCUT2D eigenvalue weighted by Crippen LogP contribution is 2.17. The van der Waals surface area contributed by atoms with Crippen LogP contribution in [0.25, 0.3) is 0 Å². The molecule has 1 aromatic rings. The zero-order chi connectivity index (χ0) is 5.98. The molecule has 0 N–H and O–H groups in total. The summed E-state index contributed by atoms with van der Waals surface area (Å²) in [6.45, 7) is 0. The van der Waals surface area contributed by atoms with Crippen LogP contribution in [-0.2, 0) is 5.11 Å². The standard InChI is InChI=1S/C5H4NOS/c7-4-1-2-6-3-5(4)8/h1-3,8H. The SMILES string of the molecule is [O]c1ccncc1S. The Hall–Kier alpha value is -0.700. The molecular weight excluding hydrogens is 122 g/mol. The van der Waals surface area contributed by atoms with E-state index in [-0.39, 0.29) is 5.75 Å². The number of pyridine rings is 1. The number of nitrogens with zero attached hydrogens (tertiary/aromatic N) is 1. The molecule has 0 saturated carbocycles. The molecule has 0 fully saturated rings. The molecule has 1 aromatic heterocycles. The van der Waals surface area contributed by atoms with Crippen LogP contribution in [0.5, 0.6) is 5.75 Å². The fraction of sp³-hybridized carbons (Fsp3) is 0. The zero-order valence-corrected chi connectivity index (χ0v) is 4.93. The predicted octanol–water partition coefficient (Wildman–Crippen LogP) is 1.51. The van der Waals surface area contributed by atoms with Gasteiger partial charge in [0.15, 0.2) is 5.75 Å². The average molecular weight is 126 g/mol. The van der Waals surface area contributed by atoms with E-state index in [1.807, 2.05) is 0 Å². The lowest BCUT2D eigenvalue weighted by Gasteiger charge is -1.86. The first-order valence-electron chi connectivity index (χ1n) is 2.10. The van der Waals surface area contributed by atoms with Gasteiger partial charge in [-0.3, -0.25) is 10.1 Å². The summed E-state index contributed by atoms with van der Waals surface area (Å²) in [7, 11) is 0. The lowest BCUT2D eigenvalue weighted by atomic mass is 10.5. The molecule has 3 heteroatoms. The van der Waals surface area contributed by atoms with Crippen molar-refractivity contribution in [3.63, 3.8) is 0 Å². The summed E-state index contributed by atoms with van der Waals surface area (Å²) >= 11 is 3.82. The second-order valence-electron chi connectivity index (χ2n) is 1.34. The van der Waals surface area contributed by atoms with E-state index in [1.165, 1.54) is 18.5 Å². The van der Waals surface area contributed by atoms with Gasteiger partial charge in [0.2, 0.25) is 0 Å². The van der Waals surface area contributed by atoms with Crippen LogP contribution in [0.4, 0.5) is 0 Å². The van der Waals surface area contributed by atoms with E-state index in [9.17, 15) is 5.11 Å². The predicted molar refractivity (Wildman–Crippen MR) is 31.6 cm³/mol. The van der Waals surface area contributed by atoms with E-state index in [2.05, 4.69) is 17.6 Å². The summed E-state index contributed by atoms with van der Waals surface area (Å²) in [6.07, 6.45) is 2.87. The van der Waals surface area contributed by atoms with E-state index in [0.29, 0.717) is 4.90 Å². The molecule has 2 nitrogen and oxygen atoms in total. The third kappa shape index (κ3) is 0.924. The lowest BCUT2D eigenvalue weighted by molar-refractivity contribution is 0.344. The molecule has 0 unspecified atom stereocenters. The van der Waals surface area contributed by atoms with Gasteiger partial charge in [0.1, 0.15) is 0 Å². The van der Waals surface area contributed by atoms with Crippen LogP contribution in [0.2, 0.25) is 0 Å². The first kappa shape index (κ1) is 5.44. The molecule has 0 bridgehead atoms. The lowest BCUT2D eigenvalue weighted by Crippen LogP contribution is -1.68. The Balaban J connectivity index is 3.13.